The number of hydrogen-bond acceptors (Lipinski definition) is 5. The minimum absolute atomic E-state index is 0.000209. The molecule has 0 unspecified atom stereocenters. The van der Waals surface area contributed by atoms with Gasteiger partial charge in [0, 0.05) is 24.7 Å². The predicted molar refractivity (Wildman–Crippen MR) is 85.3 cm³/mol. The molecule has 2 rings (SSSR count). The van der Waals surface area contributed by atoms with E-state index in [2.05, 4.69) is 5.32 Å². The van der Waals surface area contributed by atoms with Crippen LogP contribution in [0.5, 0.6) is 5.75 Å². The van der Waals surface area contributed by atoms with E-state index in [0.717, 1.165) is 0 Å². The molecule has 1 aliphatic heterocycles. The normalized spacial score (nSPS) is 18.1. The Hall–Kier alpha value is -1.02. The van der Waals surface area contributed by atoms with Crippen molar-refractivity contribution in [3.8, 4) is 5.75 Å². The summed E-state index contributed by atoms with van der Waals surface area (Å²) < 4.78 is 23.0. The number of aromatic hydroxyl groups is 1. The zero-order valence-electron chi connectivity index (χ0n) is 11.7. The number of carbonyl (C=O) groups excluding carboxylic acids is 1. The monoisotopic (exact) mass is 366 g/mol. The van der Waals surface area contributed by atoms with Crippen molar-refractivity contribution in [1.82, 2.24) is 10.2 Å². The molecule has 0 aliphatic carbocycles. The molecule has 0 radical (unpaired) electrons. The van der Waals surface area contributed by atoms with E-state index in [1.165, 1.54) is 12.1 Å². The number of benzene rings is 1. The molecule has 0 aromatic heterocycles. The van der Waals surface area contributed by atoms with Crippen molar-refractivity contribution >= 4 is 38.9 Å². The van der Waals surface area contributed by atoms with Gasteiger partial charge in [-0.15, -0.1) is 0 Å². The van der Waals surface area contributed by atoms with Gasteiger partial charge in [0.15, 0.2) is 9.84 Å². The number of amides is 1. The van der Waals surface area contributed by atoms with E-state index in [0.29, 0.717) is 19.5 Å². The minimum atomic E-state index is -3.01. The summed E-state index contributed by atoms with van der Waals surface area (Å²) in [5, 5.41) is 12.6. The van der Waals surface area contributed by atoms with E-state index < -0.39 is 15.7 Å². The highest BCUT2D eigenvalue weighted by molar-refractivity contribution is 7.91. The number of phenolic OH excluding ortho intramolecular Hbond substituents is 1. The number of carbonyl (C=O) groups is 1. The Morgan fingerprint density at radius 2 is 2.09 bits per heavy atom. The fourth-order valence-electron chi connectivity index (χ4n) is 2.25. The smallest absolute Gasteiger partial charge is 0.255 e. The van der Waals surface area contributed by atoms with E-state index in [9.17, 15) is 18.3 Å². The van der Waals surface area contributed by atoms with Crippen molar-refractivity contribution in [2.24, 2.45) is 0 Å². The lowest BCUT2D eigenvalue weighted by Gasteiger charge is -2.26. The number of sulfone groups is 1. The molecular weight excluding hydrogens is 351 g/mol. The first kappa shape index (κ1) is 17.3. The minimum Gasteiger partial charge on any atom is -0.506 e. The zero-order valence-corrected chi connectivity index (χ0v) is 14.0. The van der Waals surface area contributed by atoms with Crippen LogP contribution in [0.25, 0.3) is 0 Å². The molecule has 1 saturated heterocycles. The highest BCUT2D eigenvalue weighted by Gasteiger charge is 2.22. The molecule has 2 N–H and O–H groups in total. The Bertz CT molecular complexity index is 679. The Kier molecular flexibility index (Phi) is 5.55. The van der Waals surface area contributed by atoms with Crippen molar-refractivity contribution in [2.75, 3.05) is 31.3 Å². The molecule has 6 nitrogen and oxygen atoms in total. The Labute approximate surface area is 138 Å². The fraction of sp³-hybridized carbons (Fsp3) is 0.462. The molecule has 1 aliphatic rings. The van der Waals surface area contributed by atoms with E-state index in [1.54, 1.807) is 4.90 Å². The Morgan fingerprint density at radius 1 is 1.36 bits per heavy atom. The average molecular weight is 367 g/mol. The molecule has 1 amide bonds. The van der Waals surface area contributed by atoms with Crippen molar-refractivity contribution in [3.63, 3.8) is 0 Å². The SMILES string of the molecule is O=C(NCCN1CCCS(=O)(=O)C1)c1cc(Cl)cc(Cl)c1O. The number of phenols is 1. The van der Waals surface area contributed by atoms with Gasteiger partial charge in [-0.25, -0.2) is 8.42 Å². The summed E-state index contributed by atoms with van der Waals surface area (Å²) in [5.74, 6) is -0.618. The van der Waals surface area contributed by atoms with Crippen LogP contribution in [0.4, 0.5) is 0 Å². The third kappa shape index (κ3) is 4.49. The lowest BCUT2D eigenvalue weighted by molar-refractivity contribution is 0.0946. The van der Waals surface area contributed by atoms with Crippen LogP contribution in [0.15, 0.2) is 12.1 Å². The number of hydrogen-bond donors (Lipinski definition) is 2. The Morgan fingerprint density at radius 3 is 2.77 bits per heavy atom. The van der Waals surface area contributed by atoms with E-state index in [4.69, 9.17) is 23.2 Å². The van der Waals surface area contributed by atoms with E-state index >= 15 is 0 Å². The van der Waals surface area contributed by atoms with Gasteiger partial charge in [0.1, 0.15) is 11.6 Å². The number of rotatable bonds is 4. The molecule has 0 atom stereocenters. The van der Waals surface area contributed by atoms with E-state index in [-0.39, 0.29) is 39.5 Å². The summed E-state index contributed by atoms with van der Waals surface area (Å²) in [7, 11) is -3.01. The van der Waals surface area contributed by atoms with Crippen LogP contribution in [0.3, 0.4) is 0 Å². The maximum Gasteiger partial charge on any atom is 0.255 e. The molecule has 0 bridgehead atoms. The maximum absolute atomic E-state index is 12.0. The van der Waals surface area contributed by atoms with Gasteiger partial charge in [-0.05, 0) is 18.6 Å². The first-order chi connectivity index (χ1) is 10.3. The van der Waals surface area contributed by atoms with Crippen LogP contribution in [0, 0.1) is 0 Å². The lowest BCUT2D eigenvalue weighted by Crippen LogP contribution is -2.42. The summed E-state index contributed by atoms with van der Waals surface area (Å²) >= 11 is 11.6. The number of nitrogens with one attached hydrogen (secondary N) is 1. The topological polar surface area (TPSA) is 86.7 Å². The van der Waals surface area contributed by atoms with Crippen LogP contribution in [0.1, 0.15) is 16.8 Å². The molecule has 22 heavy (non-hydrogen) atoms. The number of halogens is 2. The summed E-state index contributed by atoms with van der Waals surface area (Å²) in [5.41, 5.74) is -0.0104. The molecule has 1 aromatic carbocycles. The van der Waals surface area contributed by atoms with Crippen LogP contribution in [-0.2, 0) is 9.84 Å². The molecule has 1 heterocycles. The summed E-state index contributed by atoms with van der Waals surface area (Å²) in [6, 6.07) is 2.66. The van der Waals surface area contributed by atoms with Crippen LogP contribution in [-0.4, -0.2) is 55.6 Å². The molecule has 122 valence electrons. The molecule has 1 fully saturated rings. The molecular formula is C13H16Cl2N2O4S. The molecule has 9 heteroatoms. The highest BCUT2D eigenvalue weighted by Crippen LogP contribution is 2.30. The predicted octanol–water partition coefficient (Wildman–Crippen LogP) is 1.51. The van der Waals surface area contributed by atoms with Gasteiger partial charge < -0.3 is 10.4 Å². The summed E-state index contributed by atoms with van der Waals surface area (Å²) in [6.45, 7) is 1.36. The second-order valence-electron chi connectivity index (χ2n) is 5.09. The summed E-state index contributed by atoms with van der Waals surface area (Å²) in [6.07, 6.45) is 0.598. The van der Waals surface area contributed by atoms with Crippen molar-refractivity contribution in [2.45, 2.75) is 6.42 Å². The quantitative estimate of drug-likeness (QED) is 0.843. The van der Waals surface area contributed by atoms with Crippen LogP contribution in [0.2, 0.25) is 10.0 Å². The molecule has 0 spiro atoms. The summed E-state index contributed by atoms with van der Waals surface area (Å²) in [4.78, 5) is 13.8. The molecule has 1 aromatic rings. The Balaban J connectivity index is 1.91. The second kappa shape index (κ2) is 7.04. The van der Waals surface area contributed by atoms with Gasteiger partial charge in [-0.1, -0.05) is 23.2 Å². The third-order valence-electron chi connectivity index (χ3n) is 3.30. The van der Waals surface area contributed by atoms with Crippen LogP contribution < -0.4 is 5.32 Å². The average Bonchev–Trinajstić information content (AvgIpc) is 2.41. The third-order valence-corrected chi connectivity index (χ3v) is 5.47. The first-order valence-corrected chi connectivity index (χ1v) is 9.25. The van der Waals surface area contributed by atoms with Gasteiger partial charge in [0.05, 0.1) is 16.3 Å². The van der Waals surface area contributed by atoms with Gasteiger partial charge in [0.25, 0.3) is 5.91 Å². The standard InChI is InChI=1S/C13H16Cl2N2O4S/c14-9-6-10(12(18)11(15)7-9)13(19)16-2-4-17-3-1-5-22(20,21)8-17/h6-7,18H,1-5,8H2,(H,16,19). The van der Waals surface area contributed by atoms with Gasteiger partial charge in [0.2, 0.25) is 0 Å². The van der Waals surface area contributed by atoms with Gasteiger partial charge >= 0.3 is 0 Å². The van der Waals surface area contributed by atoms with Gasteiger partial charge in [-0.3, -0.25) is 9.69 Å². The van der Waals surface area contributed by atoms with Crippen LogP contribution >= 0.6 is 23.2 Å². The largest absolute Gasteiger partial charge is 0.506 e. The number of nitrogens with zero attached hydrogens (tertiary/aromatic N) is 1. The zero-order chi connectivity index (χ0) is 16.3. The van der Waals surface area contributed by atoms with Crippen molar-refractivity contribution in [1.29, 1.82) is 0 Å². The highest BCUT2D eigenvalue weighted by atomic mass is 35.5. The first-order valence-electron chi connectivity index (χ1n) is 6.67. The molecule has 0 saturated carbocycles. The fourth-order valence-corrected chi connectivity index (χ4v) is 4.26. The second-order valence-corrected chi connectivity index (χ2v) is 8.09. The van der Waals surface area contributed by atoms with Crippen molar-refractivity contribution in [3.05, 3.63) is 27.7 Å². The lowest BCUT2D eigenvalue weighted by atomic mass is 10.2. The van der Waals surface area contributed by atoms with Crippen molar-refractivity contribution < 1.29 is 18.3 Å². The van der Waals surface area contributed by atoms with E-state index in [1.807, 2.05) is 0 Å². The van der Waals surface area contributed by atoms with Gasteiger partial charge in [-0.2, -0.15) is 0 Å². The maximum atomic E-state index is 12.0.